The summed E-state index contributed by atoms with van der Waals surface area (Å²) < 4.78 is 23.5. The van der Waals surface area contributed by atoms with Crippen LogP contribution in [0.4, 0.5) is 8.78 Å². The second-order valence-corrected chi connectivity index (χ2v) is 2.24. The molecule has 0 bridgehead atoms. The molecule has 0 aromatic carbocycles. The van der Waals surface area contributed by atoms with Gasteiger partial charge in [0.15, 0.2) is 0 Å². The number of halogens is 3. The van der Waals surface area contributed by atoms with Gasteiger partial charge in [-0.2, -0.15) is 0 Å². The van der Waals surface area contributed by atoms with Crippen molar-refractivity contribution in [2.24, 2.45) is 0 Å². The quantitative estimate of drug-likeness (QED) is 0.631. The molecule has 0 aliphatic carbocycles. The van der Waals surface area contributed by atoms with E-state index in [0.29, 0.717) is 0 Å². The molecule has 0 saturated carbocycles. The average molecular weight is 177 g/mol. The lowest BCUT2D eigenvalue weighted by Crippen LogP contribution is -1.94. The minimum absolute atomic E-state index is 0.104. The molecule has 0 unspecified atom stereocenters. The number of hydrogen-bond donors (Lipinski definition) is 0. The first-order valence-corrected chi connectivity index (χ1v) is 3.31. The molecule has 11 heavy (non-hydrogen) atoms. The number of nitrogens with zero attached hydrogens (tertiary/aromatic N) is 1. The zero-order valence-electron chi connectivity index (χ0n) is 5.47. The average Bonchev–Trinajstić information content (AvgIpc) is 1.93. The van der Waals surface area contributed by atoms with Crippen LogP contribution in [-0.4, -0.2) is 11.4 Å². The number of rotatable bonds is 2. The third-order valence-corrected chi connectivity index (χ3v) is 1.41. The Morgan fingerprint density at radius 3 is 2.82 bits per heavy atom. The fourth-order valence-corrected chi connectivity index (χ4v) is 0.841. The van der Waals surface area contributed by atoms with Gasteiger partial charge in [0.2, 0.25) is 6.43 Å². The molecular formula is C7H5ClF2N. The Kier molecular flexibility index (Phi) is 2.76. The van der Waals surface area contributed by atoms with Crippen LogP contribution in [0, 0.1) is 6.42 Å². The molecule has 59 valence electrons. The zero-order valence-corrected chi connectivity index (χ0v) is 6.22. The van der Waals surface area contributed by atoms with E-state index < -0.39 is 6.43 Å². The van der Waals surface area contributed by atoms with Crippen LogP contribution in [0.3, 0.4) is 0 Å². The lowest BCUT2D eigenvalue weighted by atomic mass is 10.2. The van der Waals surface area contributed by atoms with Crippen LogP contribution in [0.5, 0.6) is 0 Å². The lowest BCUT2D eigenvalue weighted by Gasteiger charge is -1.99. The fraction of sp³-hybridized carbons (Fsp3) is 0.143. The number of aromatic nitrogens is 1. The van der Waals surface area contributed by atoms with Gasteiger partial charge in [-0.05, 0) is 11.6 Å². The van der Waals surface area contributed by atoms with E-state index in [1.807, 2.05) is 0 Å². The highest BCUT2D eigenvalue weighted by atomic mass is 35.5. The Morgan fingerprint density at radius 2 is 2.27 bits per heavy atom. The predicted octanol–water partition coefficient (Wildman–Crippen LogP) is 2.55. The van der Waals surface area contributed by atoms with Crippen LogP contribution in [-0.2, 0) is 0 Å². The molecule has 0 amide bonds. The summed E-state index contributed by atoms with van der Waals surface area (Å²) in [4.78, 5) is 3.63. The monoisotopic (exact) mass is 176 g/mol. The summed E-state index contributed by atoms with van der Waals surface area (Å²) in [5.74, 6) is 0. The van der Waals surface area contributed by atoms with Crippen LogP contribution in [0.1, 0.15) is 5.56 Å². The Labute approximate surface area is 68.0 Å². The van der Waals surface area contributed by atoms with Gasteiger partial charge < -0.3 is 0 Å². The van der Waals surface area contributed by atoms with Crippen molar-refractivity contribution in [3.8, 4) is 0 Å². The molecular weight excluding hydrogens is 172 g/mol. The van der Waals surface area contributed by atoms with E-state index in [-0.39, 0.29) is 10.7 Å². The molecule has 1 aromatic heterocycles. The van der Waals surface area contributed by atoms with Crippen molar-refractivity contribution in [2.45, 2.75) is 6.43 Å². The molecule has 0 aliphatic heterocycles. The normalized spacial score (nSPS) is 10.5. The summed E-state index contributed by atoms with van der Waals surface area (Å²) in [6, 6.07) is 3.04. The molecule has 1 aromatic rings. The highest BCUT2D eigenvalue weighted by molar-refractivity contribution is 6.30. The highest BCUT2D eigenvalue weighted by Gasteiger charge is 2.08. The van der Waals surface area contributed by atoms with E-state index in [1.165, 1.54) is 12.3 Å². The molecule has 0 spiro atoms. The fourth-order valence-electron chi connectivity index (χ4n) is 0.659. The molecule has 1 nitrogen and oxygen atoms in total. The molecule has 0 fully saturated rings. The molecule has 1 heterocycles. The van der Waals surface area contributed by atoms with Crippen LogP contribution in [0.25, 0.3) is 0 Å². The second kappa shape index (κ2) is 3.62. The van der Waals surface area contributed by atoms with Gasteiger partial charge in [0.1, 0.15) is 5.15 Å². The van der Waals surface area contributed by atoms with Gasteiger partial charge in [-0.15, -0.1) is 0 Å². The first-order valence-electron chi connectivity index (χ1n) is 2.93. The summed E-state index contributed by atoms with van der Waals surface area (Å²) in [5.41, 5.74) is 0.268. The van der Waals surface area contributed by atoms with E-state index in [2.05, 4.69) is 4.98 Å². The van der Waals surface area contributed by atoms with Gasteiger partial charge in [-0.1, -0.05) is 17.7 Å². The molecule has 4 heteroatoms. The Hall–Kier alpha value is -0.700. The zero-order chi connectivity index (χ0) is 8.27. The molecule has 0 saturated heterocycles. The van der Waals surface area contributed by atoms with E-state index in [4.69, 9.17) is 11.6 Å². The summed E-state index contributed by atoms with van der Waals surface area (Å²) >= 11 is 5.49. The van der Waals surface area contributed by atoms with Crippen LogP contribution in [0.15, 0.2) is 18.3 Å². The third-order valence-electron chi connectivity index (χ3n) is 1.09. The van der Waals surface area contributed by atoms with Crippen molar-refractivity contribution in [1.82, 2.24) is 4.98 Å². The van der Waals surface area contributed by atoms with Crippen molar-refractivity contribution in [2.75, 3.05) is 0 Å². The minimum Gasteiger partial charge on any atom is -0.244 e. The standard InChI is InChI=1S/C7H5ClF2N/c8-7-5(4-6(9)10)2-1-3-11-7/h1-4,6H. The first kappa shape index (κ1) is 8.40. The Balaban J connectivity index is 2.78. The van der Waals surface area contributed by atoms with E-state index in [9.17, 15) is 8.78 Å². The molecule has 1 rings (SSSR count). The van der Waals surface area contributed by atoms with Crippen molar-refractivity contribution in [3.63, 3.8) is 0 Å². The Morgan fingerprint density at radius 1 is 1.55 bits per heavy atom. The topological polar surface area (TPSA) is 12.9 Å². The van der Waals surface area contributed by atoms with E-state index in [0.717, 1.165) is 6.42 Å². The van der Waals surface area contributed by atoms with Gasteiger partial charge in [0, 0.05) is 6.20 Å². The smallest absolute Gasteiger partial charge is 0.244 e. The predicted molar refractivity (Wildman–Crippen MR) is 38.7 cm³/mol. The number of pyridine rings is 1. The Bertz CT molecular complexity index is 240. The molecule has 0 N–H and O–H groups in total. The van der Waals surface area contributed by atoms with Crippen LogP contribution < -0.4 is 0 Å². The van der Waals surface area contributed by atoms with Gasteiger partial charge in [-0.25, -0.2) is 13.8 Å². The summed E-state index contributed by atoms with van der Waals surface area (Å²) in [6.45, 7) is 0. The van der Waals surface area contributed by atoms with Crippen LogP contribution in [0.2, 0.25) is 5.15 Å². The maximum absolute atomic E-state index is 11.8. The number of hydrogen-bond acceptors (Lipinski definition) is 1. The van der Waals surface area contributed by atoms with Gasteiger partial charge in [0.05, 0.1) is 6.42 Å². The van der Waals surface area contributed by atoms with Gasteiger partial charge >= 0.3 is 0 Å². The SMILES string of the molecule is FC(F)[CH]c1cccnc1Cl. The molecule has 0 aliphatic rings. The van der Waals surface area contributed by atoms with Gasteiger partial charge in [0.25, 0.3) is 0 Å². The van der Waals surface area contributed by atoms with E-state index >= 15 is 0 Å². The van der Waals surface area contributed by atoms with Gasteiger partial charge in [-0.3, -0.25) is 0 Å². The molecule has 1 radical (unpaired) electrons. The summed E-state index contributed by atoms with van der Waals surface area (Å²) in [6.07, 6.45) is -0.280. The lowest BCUT2D eigenvalue weighted by molar-refractivity contribution is 0.189. The maximum Gasteiger partial charge on any atom is 0.246 e. The minimum atomic E-state index is -2.49. The second-order valence-electron chi connectivity index (χ2n) is 1.88. The summed E-state index contributed by atoms with van der Waals surface area (Å²) in [5, 5.41) is 0.104. The first-order chi connectivity index (χ1) is 5.20. The summed E-state index contributed by atoms with van der Waals surface area (Å²) in [7, 11) is 0. The number of alkyl halides is 2. The highest BCUT2D eigenvalue weighted by Crippen LogP contribution is 2.16. The van der Waals surface area contributed by atoms with Crippen LogP contribution >= 0.6 is 11.6 Å². The largest absolute Gasteiger partial charge is 0.246 e. The maximum atomic E-state index is 11.8. The van der Waals surface area contributed by atoms with Crippen molar-refractivity contribution in [1.29, 1.82) is 0 Å². The molecule has 0 atom stereocenters. The van der Waals surface area contributed by atoms with Crippen molar-refractivity contribution < 1.29 is 8.78 Å². The third kappa shape index (κ3) is 2.42. The van der Waals surface area contributed by atoms with Crippen molar-refractivity contribution in [3.05, 3.63) is 35.5 Å². The van der Waals surface area contributed by atoms with E-state index in [1.54, 1.807) is 6.07 Å². The van der Waals surface area contributed by atoms with Crippen molar-refractivity contribution >= 4 is 11.6 Å².